The largest absolute Gasteiger partial charge is 0.331 e. The van der Waals surface area contributed by atoms with Gasteiger partial charge in [0.05, 0.1) is 24.6 Å². The predicted molar refractivity (Wildman–Crippen MR) is 147 cm³/mol. The molecule has 0 spiro atoms. The third-order valence-electron chi connectivity index (χ3n) is 6.84. The fraction of sp³-hybridized carbons (Fsp3) is 0.194. The van der Waals surface area contributed by atoms with Crippen LogP contribution in [0.5, 0.6) is 0 Å². The zero-order chi connectivity index (χ0) is 26.8. The van der Waals surface area contributed by atoms with Gasteiger partial charge in [-0.25, -0.2) is 14.2 Å². The average molecular weight is 509 g/mol. The van der Waals surface area contributed by atoms with E-state index in [0.717, 1.165) is 28.1 Å². The zero-order valence-corrected chi connectivity index (χ0v) is 21.6. The smallest absolute Gasteiger partial charge is 0.306 e. The van der Waals surface area contributed by atoms with Gasteiger partial charge in [0.2, 0.25) is 0 Å². The highest BCUT2D eigenvalue weighted by Gasteiger charge is 2.19. The highest BCUT2D eigenvalue weighted by Crippen LogP contribution is 2.19. The van der Waals surface area contributed by atoms with E-state index in [9.17, 15) is 14.0 Å². The molecule has 0 saturated heterocycles. The minimum absolute atomic E-state index is 0.334. The van der Waals surface area contributed by atoms with Crippen LogP contribution in [0, 0.1) is 19.7 Å². The molecule has 3 aromatic carbocycles. The number of hydrogen-bond acceptors (Lipinski definition) is 3. The molecule has 0 N–H and O–H groups in total. The van der Waals surface area contributed by atoms with Crippen molar-refractivity contribution in [1.29, 1.82) is 0 Å². The molecule has 0 fully saturated rings. The Bertz CT molecular complexity index is 1700. The van der Waals surface area contributed by atoms with Crippen molar-refractivity contribution in [2.45, 2.75) is 39.8 Å². The minimum Gasteiger partial charge on any atom is -0.306 e. The maximum absolute atomic E-state index is 13.7. The minimum atomic E-state index is -0.564. The van der Waals surface area contributed by atoms with Crippen LogP contribution in [0.1, 0.15) is 46.5 Å². The fourth-order valence-corrected chi connectivity index (χ4v) is 4.82. The van der Waals surface area contributed by atoms with Gasteiger partial charge >= 0.3 is 5.69 Å². The number of hydrogen-bond donors (Lipinski definition) is 0. The summed E-state index contributed by atoms with van der Waals surface area (Å²) in [5.74, 6) is -0.367. The molecular formula is C31H29FN4O2. The van der Waals surface area contributed by atoms with Crippen LogP contribution in [0.25, 0.3) is 5.69 Å². The zero-order valence-electron chi connectivity index (χ0n) is 21.6. The molecule has 6 nitrogen and oxygen atoms in total. The topological polar surface area (TPSA) is 61.8 Å². The summed E-state index contributed by atoms with van der Waals surface area (Å²) in [6, 6.07) is 21.1. The van der Waals surface area contributed by atoms with E-state index in [1.54, 1.807) is 36.1 Å². The van der Waals surface area contributed by atoms with Crippen molar-refractivity contribution in [3.8, 4) is 5.69 Å². The van der Waals surface area contributed by atoms with Gasteiger partial charge in [-0.05, 0) is 61.2 Å². The molecule has 38 heavy (non-hydrogen) atoms. The molecule has 192 valence electrons. The molecule has 7 heteroatoms. The Morgan fingerprint density at radius 2 is 1.63 bits per heavy atom. The number of nitrogens with zero attached hydrogens (tertiary/aromatic N) is 4. The molecule has 1 unspecified atom stereocenters. The number of benzene rings is 3. The summed E-state index contributed by atoms with van der Waals surface area (Å²) in [6.45, 7) is 6.10. The number of imidazole rings is 1. The van der Waals surface area contributed by atoms with Crippen LogP contribution in [0.2, 0.25) is 0 Å². The van der Waals surface area contributed by atoms with E-state index in [4.69, 9.17) is 0 Å². The van der Waals surface area contributed by atoms with Crippen LogP contribution in [0.4, 0.5) is 4.39 Å². The first-order chi connectivity index (χ1) is 18.3. The Morgan fingerprint density at radius 3 is 2.29 bits per heavy atom. The molecule has 0 amide bonds. The van der Waals surface area contributed by atoms with E-state index in [2.05, 4.69) is 11.1 Å². The van der Waals surface area contributed by atoms with Crippen molar-refractivity contribution in [3.05, 3.63) is 152 Å². The van der Waals surface area contributed by atoms with E-state index in [-0.39, 0.29) is 11.4 Å². The number of rotatable bonds is 7. The summed E-state index contributed by atoms with van der Waals surface area (Å²) in [6.07, 6.45) is 5.80. The fourth-order valence-electron chi connectivity index (χ4n) is 4.82. The Hall–Kier alpha value is -4.52. The van der Waals surface area contributed by atoms with Crippen LogP contribution in [-0.2, 0) is 13.0 Å². The lowest BCUT2D eigenvalue weighted by molar-refractivity contribution is 0.529. The van der Waals surface area contributed by atoms with Crippen molar-refractivity contribution in [2.75, 3.05) is 0 Å². The molecule has 5 aromatic rings. The van der Waals surface area contributed by atoms with Crippen LogP contribution in [-0.4, -0.2) is 18.7 Å². The molecule has 0 aliphatic carbocycles. The van der Waals surface area contributed by atoms with Crippen LogP contribution in [0.15, 0.2) is 101 Å². The predicted octanol–water partition coefficient (Wildman–Crippen LogP) is 5.20. The van der Waals surface area contributed by atoms with Gasteiger partial charge in [-0.3, -0.25) is 13.9 Å². The van der Waals surface area contributed by atoms with Crippen LogP contribution in [0.3, 0.4) is 0 Å². The maximum Gasteiger partial charge on any atom is 0.331 e. The third-order valence-corrected chi connectivity index (χ3v) is 6.84. The number of halogens is 1. The summed E-state index contributed by atoms with van der Waals surface area (Å²) < 4.78 is 18.4. The summed E-state index contributed by atoms with van der Waals surface area (Å²) in [4.78, 5) is 31.6. The van der Waals surface area contributed by atoms with Gasteiger partial charge in [0, 0.05) is 30.1 Å². The van der Waals surface area contributed by atoms with Gasteiger partial charge in [-0.2, -0.15) is 0 Å². The van der Waals surface area contributed by atoms with E-state index in [1.165, 1.54) is 16.7 Å². The van der Waals surface area contributed by atoms with E-state index >= 15 is 0 Å². The first kappa shape index (κ1) is 25.1. The lowest BCUT2D eigenvalue weighted by Crippen LogP contribution is -2.43. The van der Waals surface area contributed by atoms with Gasteiger partial charge < -0.3 is 4.57 Å². The van der Waals surface area contributed by atoms with Crippen LogP contribution >= 0.6 is 0 Å². The molecule has 0 aliphatic rings. The van der Waals surface area contributed by atoms with E-state index in [0.29, 0.717) is 24.1 Å². The molecule has 0 bridgehead atoms. The molecule has 0 radical (unpaired) electrons. The monoisotopic (exact) mass is 508 g/mol. The highest BCUT2D eigenvalue weighted by atomic mass is 19.1. The van der Waals surface area contributed by atoms with E-state index in [1.807, 2.05) is 67.1 Å². The Morgan fingerprint density at radius 1 is 0.895 bits per heavy atom. The molecule has 0 saturated carbocycles. The summed E-state index contributed by atoms with van der Waals surface area (Å²) >= 11 is 0. The second-order valence-electron chi connectivity index (χ2n) is 9.67. The van der Waals surface area contributed by atoms with Gasteiger partial charge in [-0.1, -0.05) is 54.6 Å². The molecule has 5 rings (SSSR count). The quantitative estimate of drug-likeness (QED) is 0.304. The third kappa shape index (κ3) is 5.13. The number of aromatic nitrogens is 4. The molecular weight excluding hydrogens is 479 g/mol. The van der Waals surface area contributed by atoms with Crippen molar-refractivity contribution < 1.29 is 4.39 Å². The summed E-state index contributed by atoms with van der Waals surface area (Å²) in [7, 11) is 0. The maximum atomic E-state index is 13.7. The average Bonchev–Trinajstić information content (AvgIpc) is 3.34. The van der Waals surface area contributed by atoms with Crippen LogP contribution < -0.4 is 11.2 Å². The normalized spacial score (nSPS) is 12.0. The molecule has 2 aromatic heterocycles. The Balaban J connectivity index is 1.57. The Labute approximate surface area is 220 Å². The number of aryl methyl sites for hydroxylation is 2. The van der Waals surface area contributed by atoms with Crippen molar-refractivity contribution in [1.82, 2.24) is 18.7 Å². The summed E-state index contributed by atoms with van der Waals surface area (Å²) in [5, 5.41) is 0. The Kier molecular flexibility index (Phi) is 6.92. The van der Waals surface area contributed by atoms with E-state index < -0.39 is 11.7 Å². The van der Waals surface area contributed by atoms with Gasteiger partial charge in [0.25, 0.3) is 5.56 Å². The van der Waals surface area contributed by atoms with Gasteiger partial charge in [-0.15, -0.1) is 0 Å². The van der Waals surface area contributed by atoms with Crippen molar-refractivity contribution in [3.63, 3.8) is 0 Å². The molecule has 0 aliphatic heterocycles. The second-order valence-corrected chi connectivity index (χ2v) is 9.67. The van der Waals surface area contributed by atoms with Crippen molar-refractivity contribution in [2.24, 2.45) is 0 Å². The standard InChI is InChI=1S/C31H29FN4O2/c1-21-15-25(9-14-29(21)35-17-22(2)33-20-35)16-27-19-34(18-24-7-5-4-6-8-24)31(38)36(30(27)37)23(3)26-10-12-28(32)13-11-26/h4-15,17,19-20,23H,16,18H2,1-3H3. The second kappa shape index (κ2) is 10.5. The first-order valence-corrected chi connectivity index (χ1v) is 12.5. The molecule has 2 heterocycles. The lowest BCUT2D eigenvalue weighted by Gasteiger charge is -2.19. The highest BCUT2D eigenvalue weighted by molar-refractivity contribution is 5.44. The van der Waals surface area contributed by atoms with Gasteiger partial charge in [0.15, 0.2) is 0 Å². The van der Waals surface area contributed by atoms with Crippen molar-refractivity contribution >= 4 is 0 Å². The molecule has 1 atom stereocenters. The van der Waals surface area contributed by atoms with Gasteiger partial charge in [0.1, 0.15) is 5.82 Å². The SMILES string of the molecule is Cc1cn(-c2ccc(Cc3cn(Cc4ccccc4)c(=O)n(C(C)c4ccc(F)cc4)c3=O)cc2C)cn1. The lowest BCUT2D eigenvalue weighted by atomic mass is 10.0. The summed E-state index contributed by atoms with van der Waals surface area (Å²) in [5.41, 5.74) is 5.38. The first-order valence-electron chi connectivity index (χ1n) is 12.5.